The lowest BCUT2D eigenvalue weighted by Gasteiger charge is -1.88. The first-order valence-electron chi connectivity index (χ1n) is 4.51. The maximum Gasteiger partial charge on any atom is 0.141 e. The fraction of sp³-hybridized carbons (Fsp3) is 0. The Morgan fingerprint density at radius 3 is 3.00 bits per heavy atom. The Hall–Kier alpha value is -2.30. The molecule has 0 aliphatic heterocycles. The molecule has 0 aliphatic rings. The summed E-state index contributed by atoms with van der Waals surface area (Å²) in [6.45, 7) is 0. The van der Waals surface area contributed by atoms with Crippen molar-refractivity contribution in [1.29, 1.82) is 0 Å². The number of imidazole rings is 1. The van der Waals surface area contributed by atoms with Crippen LogP contribution >= 0.6 is 0 Å². The van der Waals surface area contributed by atoms with E-state index in [2.05, 4.69) is 20.2 Å². The van der Waals surface area contributed by atoms with Gasteiger partial charge in [0.2, 0.25) is 0 Å². The van der Waals surface area contributed by atoms with E-state index in [0.29, 0.717) is 0 Å². The third-order valence-electron chi connectivity index (χ3n) is 2.24. The lowest BCUT2D eigenvalue weighted by atomic mass is 10.3. The summed E-state index contributed by atoms with van der Waals surface area (Å²) in [5, 5.41) is 15.9. The highest BCUT2D eigenvalue weighted by Crippen LogP contribution is 2.22. The topological polar surface area (TPSA) is 77.6 Å². The van der Waals surface area contributed by atoms with Crippen molar-refractivity contribution in [1.82, 2.24) is 20.2 Å². The number of hydrogen-bond acceptors (Lipinski definition) is 3. The molecule has 0 unspecified atom stereocenters. The molecule has 0 aliphatic carbocycles. The molecular weight excluding hydrogens is 192 g/mol. The van der Waals surface area contributed by atoms with Crippen molar-refractivity contribution in [3.05, 3.63) is 30.6 Å². The standard InChI is InChI=1S/C10H8N4O/c15-7-1-2-8-9(3-7)14-10(13-8)6-4-11-12-5-6/h1-5,15H,(H,11,12)(H,13,14). The van der Waals surface area contributed by atoms with Gasteiger partial charge in [-0.1, -0.05) is 0 Å². The normalized spacial score (nSPS) is 10.9. The number of phenols is 1. The van der Waals surface area contributed by atoms with Crippen molar-refractivity contribution >= 4 is 11.0 Å². The van der Waals surface area contributed by atoms with Gasteiger partial charge in [0.1, 0.15) is 11.6 Å². The van der Waals surface area contributed by atoms with Crippen molar-refractivity contribution in [2.24, 2.45) is 0 Å². The van der Waals surface area contributed by atoms with Crippen molar-refractivity contribution in [2.75, 3.05) is 0 Å². The summed E-state index contributed by atoms with van der Waals surface area (Å²) in [4.78, 5) is 7.48. The second kappa shape index (κ2) is 2.84. The highest BCUT2D eigenvalue weighted by molar-refractivity contribution is 5.80. The third-order valence-corrected chi connectivity index (χ3v) is 2.24. The minimum Gasteiger partial charge on any atom is -0.508 e. The smallest absolute Gasteiger partial charge is 0.141 e. The molecule has 0 fully saturated rings. The highest BCUT2D eigenvalue weighted by atomic mass is 16.3. The van der Waals surface area contributed by atoms with Crippen LogP contribution in [0.4, 0.5) is 0 Å². The summed E-state index contributed by atoms with van der Waals surface area (Å²) in [7, 11) is 0. The first kappa shape index (κ1) is 8.05. The molecule has 3 rings (SSSR count). The number of aromatic hydroxyl groups is 1. The molecular formula is C10H8N4O. The molecule has 1 aromatic carbocycles. The predicted octanol–water partition coefficient (Wildman–Crippen LogP) is 1.66. The van der Waals surface area contributed by atoms with Gasteiger partial charge in [0.05, 0.1) is 22.8 Å². The van der Waals surface area contributed by atoms with Gasteiger partial charge in [0.25, 0.3) is 0 Å². The Labute approximate surface area is 84.8 Å². The molecule has 0 amide bonds. The minimum atomic E-state index is 0.227. The van der Waals surface area contributed by atoms with Gasteiger partial charge in [-0.15, -0.1) is 0 Å². The van der Waals surface area contributed by atoms with E-state index >= 15 is 0 Å². The van der Waals surface area contributed by atoms with Crippen LogP contribution in [-0.4, -0.2) is 25.3 Å². The van der Waals surface area contributed by atoms with Crippen LogP contribution in [-0.2, 0) is 0 Å². The third kappa shape index (κ3) is 1.25. The maximum atomic E-state index is 9.30. The summed E-state index contributed by atoms with van der Waals surface area (Å²) in [5.74, 6) is 0.967. The second-order valence-electron chi connectivity index (χ2n) is 3.27. The van der Waals surface area contributed by atoms with Crippen molar-refractivity contribution in [3.8, 4) is 17.1 Å². The number of phenolic OH excluding ortho intramolecular Hbond substituents is 1. The number of nitrogens with one attached hydrogen (secondary N) is 2. The van der Waals surface area contributed by atoms with E-state index in [9.17, 15) is 5.11 Å². The summed E-state index contributed by atoms with van der Waals surface area (Å²) >= 11 is 0. The van der Waals surface area contributed by atoms with Crippen LogP contribution < -0.4 is 0 Å². The number of fused-ring (bicyclic) bond motifs is 1. The van der Waals surface area contributed by atoms with E-state index in [4.69, 9.17) is 0 Å². The van der Waals surface area contributed by atoms with Crippen LogP contribution in [0.5, 0.6) is 5.75 Å². The van der Waals surface area contributed by atoms with Crippen LogP contribution in [0.25, 0.3) is 22.4 Å². The van der Waals surface area contributed by atoms with Crippen molar-refractivity contribution in [2.45, 2.75) is 0 Å². The zero-order chi connectivity index (χ0) is 10.3. The molecule has 15 heavy (non-hydrogen) atoms. The van der Waals surface area contributed by atoms with Gasteiger partial charge >= 0.3 is 0 Å². The summed E-state index contributed by atoms with van der Waals surface area (Å²) in [6.07, 6.45) is 3.45. The fourth-order valence-corrected chi connectivity index (χ4v) is 1.51. The summed E-state index contributed by atoms with van der Waals surface area (Å²) < 4.78 is 0. The number of benzene rings is 1. The number of H-pyrrole nitrogens is 2. The van der Waals surface area contributed by atoms with Crippen molar-refractivity contribution in [3.63, 3.8) is 0 Å². The predicted molar refractivity (Wildman–Crippen MR) is 55.3 cm³/mol. The quantitative estimate of drug-likeness (QED) is 0.559. The molecule has 5 heteroatoms. The Morgan fingerprint density at radius 2 is 2.20 bits per heavy atom. The van der Waals surface area contributed by atoms with E-state index in [1.807, 2.05) is 0 Å². The Morgan fingerprint density at radius 1 is 1.27 bits per heavy atom. The molecule has 0 radical (unpaired) electrons. The number of rotatable bonds is 1. The van der Waals surface area contributed by atoms with Crippen molar-refractivity contribution < 1.29 is 5.11 Å². The van der Waals surface area contributed by atoms with Gasteiger partial charge < -0.3 is 10.1 Å². The van der Waals surface area contributed by atoms with Crippen LogP contribution in [0.15, 0.2) is 30.6 Å². The number of hydrogen-bond donors (Lipinski definition) is 3. The average molecular weight is 200 g/mol. The molecule has 0 atom stereocenters. The number of aromatic amines is 2. The molecule has 0 bridgehead atoms. The first-order chi connectivity index (χ1) is 7.33. The Bertz CT molecular complexity index is 597. The van der Waals surface area contributed by atoms with Gasteiger partial charge in [0, 0.05) is 12.3 Å². The molecule has 2 heterocycles. The lowest BCUT2D eigenvalue weighted by molar-refractivity contribution is 0.476. The van der Waals surface area contributed by atoms with Gasteiger partial charge in [-0.05, 0) is 12.1 Å². The van der Waals surface area contributed by atoms with E-state index in [-0.39, 0.29) is 5.75 Å². The minimum absolute atomic E-state index is 0.227. The van der Waals surface area contributed by atoms with E-state index in [1.54, 1.807) is 30.6 Å². The van der Waals surface area contributed by atoms with E-state index in [1.165, 1.54) is 0 Å². The molecule has 5 nitrogen and oxygen atoms in total. The van der Waals surface area contributed by atoms with Gasteiger partial charge in [-0.2, -0.15) is 5.10 Å². The van der Waals surface area contributed by atoms with Gasteiger partial charge in [-0.3, -0.25) is 5.10 Å². The number of nitrogens with zero attached hydrogens (tertiary/aromatic N) is 2. The van der Waals surface area contributed by atoms with Crippen LogP contribution in [0.3, 0.4) is 0 Å². The van der Waals surface area contributed by atoms with Crippen LogP contribution in [0, 0.1) is 0 Å². The monoisotopic (exact) mass is 200 g/mol. The lowest BCUT2D eigenvalue weighted by Crippen LogP contribution is -1.74. The Kier molecular flexibility index (Phi) is 1.53. The highest BCUT2D eigenvalue weighted by Gasteiger charge is 2.05. The van der Waals surface area contributed by atoms with E-state index in [0.717, 1.165) is 22.4 Å². The van der Waals surface area contributed by atoms with Crippen LogP contribution in [0.2, 0.25) is 0 Å². The molecule has 2 aromatic heterocycles. The molecule has 0 saturated heterocycles. The summed E-state index contributed by atoms with van der Waals surface area (Å²) in [5.41, 5.74) is 2.53. The first-order valence-corrected chi connectivity index (χ1v) is 4.51. The molecule has 0 saturated carbocycles. The maximum absolute atomic E-state index is 9.30. The molecule has 0 spiro atoms. The second-order valence-corrected chi connectivity index (χ2v) is 3.27. The molecule has 3 aromatic rings. The number of aromatic nitrogens is 4. The zero-order valence-electron chi connectivity index (χ0n) is 7.73. The SMILES string of the molecule is Oc1ccc2nc(-c3cn[nH]c3)[nH]c2c1. The summed E-state index contributed by atoms with van der Waals surface area (Å²) in [6, 6.07) is 5.03. The fourth-order valence-electron chi connectivity index (χ4n) is 1.51. The van der Waals surface area contributed by atoms with Gasteiger partial charge in [-0.25, -0.2) is 4.98 Å². The Balaban J connectivity index is 2.22. The average Bonchev–Trinajstić information content (AvgIpc) is 2.84. The zero-order valence-corrected chi connectivity index (χ0v) is 7.73. The molecule has 74 valence electrons. The van der Waals surface area contributed by atoms with Gasteiger partial charge in [0.15, 0.2) is 0 Å². The molecule has 3 N–H and O–H groups in total. The van der Waals surface area contributed by atoms with E-state index < -0.39 is 0 Å². The largest absolute Gasteiger partial charge is 0.508 e. The van der Waals surface area contributed by atoms with Crippen LogP contribution in [0.1, 0.15) is 0 Å².